The zero-order valence-corrected chi connectivity index (χ0v) is 13.2. The van der Waals surface area contributed by atoms with Crippen molar-refractivity contribution >= 4 is 32.7 Å². The van der Waals surface area contributed by atoms with Crippen LogP contribution < -0.4 is 10.6 Å². The van der Waals surface area contributed by atoms with Crippen LogP contribution in [-0.2, 0) is 0 Å². The molecule has 2 aromatic rings. The van der Waals surface area contributed by atoms with Crippen LogP contribution >= 0.6 is 15.9 Å². The third-order valence-corrected chi connectivity index (χ3v) is 4.53. The molecule has 0 aromatic carbocycles. The maximum Gasteiger partial charge on any atom is 0.112 e. The number of hydrogen-bond acceptors (Lipinski definition) is 4. The van der Waals surface area contributed by atoms with Gasteiger partial charge in [0.15, 0.2) is 0 Å². The van der Waals surface area contributed by atoms with Crippen LogP contribution in [0.1, 0.15) is 26.2 Å². The van der Waals surface area contributed by atoms with Crippen molar-refractivity contribution in [2.24, 2.45) is 5.73 Å². The van der Waals surface area contributed by atoms with Gasteiger partial charge in [-0.3, -0.25) is 9.97 Å². The summed E-state index contributed by atoms with van der Waals surface area (Å²) in [6.45, 7) is 2.96. The molecule has 3 heterocycles. The molecule has 2 unspecified atom stereocenters. The monoisotopic (exact) mass is 334 g/mol. The zero-order chi connectivity index (χ0) is 14.1. The molecule has 2 atom stereocenters. The molecule has 0 bridgehead atoms. The van der Waals surface area contributed by atoms with E-state index in [0.717, 1.165) is 27.6 Å². The average Bonchev–Trinajstić information content (AvgIpc) is 2.46. The maximum absolute atomic E-state index is 5.98. The molecule has 1 aliphatic rings. The topological polar surface area (TPSA) is 55.0 Å². The Labute approximate surface area is 127 Å². The van der Waals surface area contributed by atoms with E-state index in [1.165, 1.54) is 12.8 Å². The van der Waals surface area contributed by atoms with Crippen molar-refractivity contribution in [2.45, 2.75) is 38.3 Å². The summed E-state index contributed by atoms with van der Waals surface area (Å²) in [6.07, 6.45) is 7.31. The Morgan fingerprint density at radius 1 is 1.40 bits per heavy atom. The van der Waals surface area contributed by atoms with Gasteiger partial charge in [0.05, 0.1) is 11.2 Å². The average molecular weight is 335 g/mol. The summed E-state index contributed by atoms with van der Waals surface area (Å²) in [4.78, 5) is 11.4. The first-order valence-corrected chi connectivity index (χ1v) is 7.88. The molecule has 4 nitrogen and oxygen atoms in total. The van der Waals surface area contributed by atoms with E-state index in [0.29, 0.717) is 18.6 Å². The van der Waals surface area contributed by atoms with Crippen molar-refractivity contribution in [1.82, 2.24) is 9.97 Å². The van der Waals surface area contributed by atoms with Gasteiger partial charge in [0.1, 0.15) is 5.52 Å². The maximum atomic E-state index is 5.98. The fourth-order valence-electron chi connectivity index (χ4n) is 3.15. The van der Waals surface area contributed by atoms with Gasteiger partial charge in [0.25, 0.3) is 0 Å². The number of pyridine rings is 2. The van der Waals surface area contributed by atoms with Crippen LogP contribution in [0.5, 0.6) is 0 Å². The van der Waals surface area contributed by atoms with Gasteiger partial charge < -0.3 is 10.6 Å². The molecule has 0 saturated carbocycles. The number of fused-ring (bicyclic) bond motifs is 1. The largest absolute Gasteiger partial charge is 0.363 e. The first kappa shape index (κ1) is 13.8. The number of nitrogens with zero attached hydrogens (tertiary/aromatic N) is 3. The van der Waals surface area contributed by atoms with Crippen LogP contribution in [-0.4, -0.2) is 28.6 Å². The van der Waals surface area contributed by atoms with Crippen LogP contribution in [0, 0.1) is 0 Å². The van der Waals surface area contributed by atoms with Gasteiger partial charge in [-0.2, -0.15) is 0 Å². The Bertz CT molecular complexity index is 616. The molecule has 1 fully saturated rings. The van der Waals surface area contributed by atoms with Crippen LogP contribution in [0.3, 0.4) is 0 Å². The fraction of sp³-hybridized carbons (Fsp3) is 0.467. The Hall–Kier alpha value is -1.20. The van der Waals surface area contributed by atoms with Gasteiger partial charge in [-0.1, -0.05) is 0 Å². The second-order valence-electron chi connectivity index (χ2n) is 5.43. The van der Waals surface area contributed by atoms with Crippen molar-refractivity contribution in [2.75, 3.05) is 11.4 Å². The summed E-state index contributed by atoms with van der Waals surface area (Å²) in [7, 11) is 0. The molecule has 0 aliphatic carbocycles. The lowest BCUT2D eigenvalue weighted by Gasteiger charge is -2.42. The third kappa shape index (κ3) is 2.40. The van der Waals surface area contributed by atoms with Gasteiger partial charge in [-0.25, -0.2) is 0 Å². The molecule has 106 valence electrons. The minimum Gasteiger partial charge on any atom is -0.363 e. The van der Waals surface area contributed by atoms with E-state index in [-0.39, 0.29) is 0 Å². The molecule has 1 saturated heterocycles. The highest BCUT2D eigenvalue weighted by Gasteiger charge is 2.28. The third-order valence-electron chi connectivity index (χ3n) is 4.10. The second kappa shape index (κ2) is 5.66. The molecular formula is C15H19BrN4. The predicted molar refractivity (Wildman–Crippen MR) is 85.9 cm³/mol. The Kier molecular flexibility index (Phi) is 3.89. The first-order valence-electron chi connectivity index (χ1n) is 7.09. The molecule has 3 rings (SSSR count). The SMILES string of the molecule is CC1CCCC(CN)N1c1ccnc2cc(Br)cnc12. The van der Waals surface area contributed by atoms with E-state index >= 15 is 0 Å². The second-order valence-corrected chi connectivity index (χ2v) is 6.34. The number of aromatic nitrogens is 2. The molecule has 20 heavy (non-hydrogen) atoms. The molecule has 0 radical (unpaired) electrons. The zero-order valence-electron chi connectivity index (χ0n) is 11.6. The van der Waals surface area contributed by atoms with Crippen molar-refractivity contribution < 1.29 is 0 Å². The molecule has 0 spiro atoms. The lowest BCUT2D eigenvalue weighted by atomic mass is 9.95. The minimum absolute atomic E-state index is 0.398. The molecule has 2 N–H and O–H groups in total. The van der Waals surface area contributed by atoms with Gasteiger partial charge >= 0.3 is 0 Å². The molecule has 0 amide bonds. The lowest BCUT2D eigenvalue weighted by Crippen LogP contribution is -2.49. The number of halogens is 1. The summed E-state index contributed by atoms with van der Waals surface area (Å²) >= 11 is 3.45. The fourth-order valence-corrected chi connectivity index (χ4v) is 3.47. The normalized spacial score (nSPS) is 23.2. The summed E-state index contributed by atoms with van der Waals surface area (Å²) in [5.41, 5.74) is 9.02. The first-order chi connectivity index (χ1) is 9.70. The van der Waals surface area contributed by atoms with E-state index in [4.69, 9.17) is 5.73 Å². The Morgan fingerprint density at radius 2 is 2.25 bits per heavy atom. The number of nitrogens with two attached hydrogens (primary N) is 1. The summed E-state index contributed by atoms with van der Waals surface area (Å²) < 4.78 is 0.955. The highest BCUT2D eigenvalue weighted by Crippen LogP contribution is 2.33. The van der Waals surface area contributed by atoms with E-state index in [2.05, 4.69) is 43.8 Å². The van der Waals surface area contributed by atoms with E-state index in [1.54, 1.807) is 0 Å². The van der Waals surface area contributed by atoms with Crippen LogP contribution in [0.4, 0.5) is 5.69 Å². The predicted octanol–water partition coefficient (Wildman–Crippen LogP) is 3.10. The standard InChI is InChI=1S/C15H19BrN4/c1-10-3-2-4-12(8-17)20(10)14-5-6-18-13-7-11(16)9-19-15(13)14/h5-7,9-10,12H,2-4,8,17H2,1H3. The van der Waals surface area contributed by atoms with E-state index < -0.39 is 0 Å². The molecule has 2 aromatic heterocycles. The van der Waals surface area contributed by atoms with E-state index in [9.17, 15) is 0 Å². The van der Waals surface area contributed by atoms with Crippen molar-refractivity contribution in [3.8, 4) is 0 Å². The van der Waals surface area contributed by atoms with Gasteiger partial charge in [-0.15, -0.1) is 0 Å². The molecular weight excluding hydrogens is 316 g/mol. The van der Waals surface area contributed by atoms with E-state index in [1.807, 2.05) is 18.5 Å². The quantitative estimate of drug-likeness (QED) is 0.916. The minimum atomic E-state index is 0.398. The highest BCUT2D eigenvalue weighted by molar-refractivity contribution is 9.10. The number of rotatable bonds is 2. The number of anilines is 1. The summed E-state index contributed by atoms with van der Waals surface area (Å²) in [6, 6.07) is 4.97. The lowest BCUT2D eigenvalue weighted by molar-refractivity contribution is 0.401. The molecule has 1 aliphatic heterocycles. The smallest absolute Gasteiger partial charge is 0.112 e. The van der Waals surface area contributed by atoms with Crippen molar-refractivity contribution in [3.63, 3.8) is 0 Å². The van der Waals surface area contributed by atoms with Gasteiger partial charge in [0.2, 0.25) is 0 Å². The molecule has 5 heteroatoms. The van der Waals surface area contributed by atoms with Crippen molar-refractivity contribution in [3.05, 3.63) is 29.0 Å². The summed E-state index contributed by atoms with van der Waals surface area (Å²) in [5, 5.41) is 0. The van der Waals surface area contributed by atoms with Gasteiger partial charge in [0, 0.05) is 35.5 Å². The van der Waals surface area contributed by atoms with Gasteiger partial charge in [-0.05, 0) is 54.2 Å². The van der Waals surface area contributed by atoms with Crippen LogP contribution in [0.15, 0.2) is 29.0 Å². The number of piperidine rings is 1. The Morgan fingerprint density at radius 3 is 3.05 bits per heavy atom. The van der Waals surface area contributed by atoms with Crippen molar-refractivity contribution in [1.29, 1.82) is 0 Å². The van der Waals surface area contributed by atoms with Crippen LogP contribution in [0.25, 0.3) is 11.0 Å². The van der Waals surface area contributed by atoms with Crippen LogP contribution in [0.2, 0.25) is 0 Å². The highest BCUT2D eigenvalue weighted by atomic mass is 79.9. The Balaban J connectivity index is 2.12. The number of hydrogen-bond donors (Lipinski definition) is 1. The summed E-state index contributed by atoms with van der Waals surface area (Å²) in [5.74, 6) is 0.